The van der Waals surface area contributed by atoms with Gasteiger partial charge in [0.15, 0.2) is 11.5 Å². The third-order valence-electron chi connectivity index (χ3n) is 3.78. The van der Waals surface area contributed by atoms with E-state index >= 15 is 0 Å². The van der Waals surface area contributed by atoms with Crippen LogP contribution in [0.1, 0.15) is 43.9 Å². The number of hydrogen-bond donors (Lipinski definition) is 3. The van der Waals surface area contributed by atoms with Crippen LogP contribution in [0.3, 0.4) is 0 Å². The van der Waals surface area contributed by atoms with E-state index in [9.17, 15) is 9.59 Å². The molecular formula is C15H17N5O2S. The lowest BCUT2D eigenvalue weighted by Crippen LogP contribution is -2.42. The minimum Gasteiger partial charge on any atom is -0.382 e. The minimum atomic E-state index is -0.598. The van der Waals surface area contributed by atoms with Crippen LogP contribution >= 0.6 is 11.3 Å². The molecule has 8 heteroatoms. The molecule has 0 radical (unpaired) electrons. The molecule has 0 fully saturated rings. The zero-order valence-electron chi connectivity index (χ0n) is 12.6. The van der Waals surface area contributed by atoms with Gasteiger partial charge in [0, 0.05) is 17.3 Å². The number of carbonyl (C=O) groups is 2. The number of aromatic nitrogens is 2. The summed E-state index contributed by atoms with van der Waals surface area (Å²) in [4.78, 5) is 33.6. The lowest BCUT2D eigenvalue weighted by molar-refractivity contribution is 0.0846. The van der Waals surface area contributed by atoms with Gasteiger partial charge >= 0.3 is 0 Å². The van der Waals surface area contributed by atoms with Crippen LogP contribution in [0.5, 0.6) is 0 Å². The van der Waals surface area contributed by atoms with E-state index in [0.717, 1.165) is 19.3 Å². The molecule has 2 heterocycles. The highest BCUT2D eigenvalue weighted by Crippen LogP contribution is 2.32. The third kappa shape index (κ3) is 3.31. The predicted molar refractivity (Wildman–Crippen MR) is 86.9 cm³/mol. The summed E-state index contributed by atoms with van der Waals surface area (Å²) in [5.41, 5.74) is 11.5. The molecule has 2 amide bonds. The van der Waals surface area contributed by atoms with Crippen LogP contribution in [-0.4, -0.2) is 21.8 Å². The highest BCUT2D eigenvalue weighted by molar-refractivity contribution is 7.14. The maximum atomic E-state index is 12.2. The number of carbonyl (C=O) groups excluding carboxylic acids is 2. The van der Waals surface area contributed by atoms with Gasteiger partial charge in [-0.25, -0.2) is 9.97 Å². The Labute approximate surface area is 137 Å². The van der Waals surface area contributed by atoms with E-state index in [2.05, 4.69) is 27.7 Å². The molecule has 7 nitrogen and oxygen atoms in total. The summed E-state index contributed by atoms with van der Waals surface area (Å²) in [5, 5.41) is 0. The van der Waals surface area contributed by atoms with Gasteiger partial charge in [0.25, 0.3) is 11.8 Å². The van der Waals surface area contributed by atoms with Gasteiger partial charge in [-0.2, -0.15) is 0 Å². The molecule has 2 aromatic rings. The van der Waals surface area contributed by atoms with E-state index in [1.54, 1.807) is 0 Å². The van der Waals surface area contributed by atoms with Crippen LogP contribution in [0, 0.1) is 5.92 Å². The standard InChI is InChI=1S/C15H17N5O2S/c1-8-2-3-10-9(6-8)7-11(23-10)14(21)19-20-15(22)12-13(16)18-5-4-17-12/h4-5,7-8H,2-3,6H2,1H3,(H2,16,18)(H,19,21)(H,20,22). The van der Waals surface area contributed by atoms with Crippen molar-refractivity contribution < 1.29 is 9.59 Å². The number of amides is 2. The van der Waals surface area contributed by atoms with E-state index < -0.39 is 5.91 Å². The van der Waals surface area contributed by atoms with Crippen molar-refractivity contribution in [2.75, 3.05) is 5.73 Å². The second-order valence-electron chi connectivity index (χ2n) is 5.61. The van der Waals surface area contributed by atoms with E-state index in [4.69, 9.17) is 5.73 Å². The monoisotopic (exact) mass is 331 g/mol. The van der Waals surface area contributed by atoms with Crippen molar-refractivity contribution in [2.24, 2.45) is 5.92 Å². The molecule has 4 N–H and O–H groups in total. The smallest absolute Gasteiger partial charge is 0.292 e. The summed E-state index contributed by atoms with van der Waals surface area (Å²) >= 11 is 1.48. The summed E-state index contributed by atoms with van der Waals surface area (Å²) in [6, 6.07) is 1.91. The van der Waals surface area contributed by atoms with Crippen molar-refractivity contribution in [1.29, 1.82) is 0 Å². The van der Waals surface area contributed by atoms with E-state index in [1.165, 1.54) is 34.2 Å². The molecule has 1 atom stereocenters. The SMILES string of the molecule is CC1CCc2sc(C(=O)NNC(=O)c3nccnc3N)cc2C1. The van der Waals surface area contributed by atoms with E-state index in [1.807, 2.05) is 6.07 Å². The average molecular weight is 331 g/mol. The fourth-order valence-corrected chi connectivity index (χ4v) is 3.68. The second-order valence-corrected chi connectivity index (χ2v) is 6.74. The first-order valence-electron chi connectivity index (χ1n) is 7.33. The predicted octanol–water partition coefficient (Wildman–Crippen LogP) is 1.32. The normalized spacial score (nSPS) is 16.5. The zero-order valence-corrected chi connectivity index (χ0v) is 13.4. The van der Waals surface area contributed by atoms with Crippen LogP contribution in [0.2, 0.25) is 0 Å². The maximum absolute atomic E-state index is 12.2. The summed E-state index contributed by atoms with van der Waals surface area (Å²) in [6.45, 7) is 2.21. The second kappa shape index (κ2) is 6.33. The number of aryl methyl sites for hydroxylation is 1. The van der Waals surface area contributed by atoms with Crippen LogP contribution in [0.4, 0.5) is 5.82 Å². The number of nitrogens with zero attached hydrogens (tertiary/aromatic N) is 2. The van der Waals surface area contributed by atoms with Gasteiger partial charge in [-0.3, -0.25) is 20.4 Å². The third-order valence-corrected chi connectivity index (χ3v) is 5.02. The van der Waals surface area contributed by atoms with Gasteiger partial charge in [0.05, 0.1) is 4.88 Å². The molecule has 0 saturated heterocycles. The van der Waals surface area contributed by atoms with E-state index in [0.29, 0.717) is 10.8 Å². The number of hydrazine groups is 1. The number of nitrogens with two attached hydrogens (primary N) is 1. The van der Waals surface area contributed by atoms with Gasteiger partial charge in [0.2, 0.25) is 0 Å². The highest BCUT2D eigenvalue weighted by atomic mass is 32.1. The Morgan fingerprint density at radius 2 is 2.00 bits per heavy atom. The number of nitrogen functional groups attached to an aromatic ring is 1. The Kier molecular flexibility index (Phi) is 4.24. The molecular weight excluding hydrogens is 314 g/mol. The van der Waals surface area contributed by atoms with Crippen molar-refractivity contribution in [3.05, 3.63) is 39.5 Å². The quantitative estimate of drug-likeness (QED) is 0.719. The number of anilines is 1. The maximum Gasteiger partial charge on any atom is 0.292 e. The van der Waals surface area contributed by atoms with Crippen LogP contribution in [0.15, 0.2) is 18.5 Å². The average Bonchev–Trinajstić information content (AvgIpc) is 2.95. The molecule has 0 aliphatic heterocycles. The number of rotatable bonds is 2. The van der Waals surface area contributed by atoms with Gasteiger partial charge in [-0.15, -0.1) is 11.3 Å². The number of hydrogen-bond acceptors (Lipinski definition) is 6. The fourth-order valence-electron chi connectivity index (χ4n) is 2.58. The number of fused-ring (bicyclic) bond motifs is 1. The highest BCUT2D eigenvalue weighted by Gasteiger charge is 2.21. The molecule has 2 aromatic heterocycles. The van der Waals surface area contributed by atoms with Gasteiger partial charge < -0.3 is 5.73 Å². The Balaban J connectivity index is 1.64. The van der Waals surface area contributed by atoms with Crippen molar-refractivity contribution >= 4 is 29.0 Å². The van der Waals surface area contributed by atoms with Gasteiger partial charge in [-0.05, 0) is 36.8 Å². The van der Waals surface area contributed by atoms with Crippen molar-refractivity contribution in [2.45, 2.75) is 26.2 Å². The fraction of sp³-hybridized carbons (Fsp3) is 0.333. The first-order chi connectivity index (χ1) is 11.0. The molecule has 1 aliphatic carbocycles. The largest absolute Gasteiger partial charge is 0.382 e. The lowest BCUT2D eigenvalue weighted by atomic mass is 9.90. The molecule has 3 rings (SSSR count). The number of thiophene rings is 1. The topological polar surface area (TPSA) is 110 Å². The number of nitrogens with one attached hydrogen (secondary N) is 2. The van der Waals surface area contributed by atoms with Gasteiger partial charge in [-0.1, -0.05) is 6.92 Å². The first kappa shape index (κ1) is 15.4. The molecule has 0 spiro atoms. The lowest BCUT2D eigenvalue weighted by Gasteiger charge is -2.16. The Hall–Kier alpha value is -2.48. The Bertz CT molecular complexity index is 758. The molecule has 120 valence electrons. The van der Waals surface area contributed by atoms with Crippen LogP contribution in [0.25, 0.3) is 0 Å². The molecule has 1 aliphatic rings. The van der Waals surface area contributed by atoms with Crippen LogP contribution < -0.4 is 16.6 Å². The summed E-state index contributed by atoms with van der Waals surface area (Å²) in [6.07, 6.45) is 5.92. The van der Waals surface area contributed by atoms with Gasteiger partial charge in [0.1, 0.15) is 0 Å². The first-order valence-corrected chi connectivity index (χ1v) is 8.15. The molecule has 23 heavy (non-hydrogen) atoms. The van der Waals surface area contributed by atoms with Crippen molar-refractivity contribution in [3.8, 4) is 0 Å². The Morgan fingerprint density at radius 1 is 1.26 bits per heavy atom. The Morgan fingerprint density at radius 3 is 2.78 bits per heavy atom. The summed E-state index contributed by atoms with van der Waals surface area (Å²) in [7, 11) is 0. The molecule has 1 unspecified atom stereocenters. The molecule has 0 bridgehead atoms. The molecule has 0 aromatic carbocycles. The van der Waals surface area contributed by atoms with E-state index in [-0.39, 0.29) is 17.4 Å². The molecule has 0 saturated carbocycles. The summed E-state index contributed by atoms with van der Waals surface area (Å²) in [5.74, 6) is -0.279. The van der Waals surface area contributed by atoms with Crippen LogP contribution in [-0.2, 0) is 12.8 Å². The zero-order chi connectivity index (χ0) is 16.4. The minimum absolute atomic E-state index is 0.0137. The summed E-state index contributed by atoms with van der Waals surface area (Å²) < 4.78 is 0. The van der Waals surface area contributed by atoms with Crippen molar-refractivity contribution in [3.63, 3.8) is 0 Å². The van der Waals surface area contributed by atoms with Crippen molar-refractivity contribution in [1.82, 2.24) is 20.8 Å².